The van der Waals surface area contributed by atoms with Crippen LogP contribution in [0.1, 0.15) is 36.9 Å². The fraction of sp³-hybridized carbons (Fsp3) is 0.417. The monoisotopic (exact) mass is 247 g/mol. The topological polar surface area (TPSA) is 95.0 Å². The highest BCUT2D eigenvalue weighted by Crippen LogP contribution is 2.31. The van der Waals surface area contributed by atoms with E-state index in [0.717, 1.165) is 11.3 Å². The summed E-state index contributed by atoms with van der Waals surface area (Å²) >= 11 is 0. The average Bonchev–Trinajstić information content (AvgIpc) is 2.34. The fourth-order valence-corrected chi connectivity index (χ4v) is 1.79. The molecule has 0 aliphatic rings. The first-order valence-corrected chi connectivity index (χ1v) is 5.58. The molecule has 6 nitrogen and oxygen atoms in total. The van der Waals surface area contributed by atoms with Crippen LogP contribution < -0.4 is 16.2 Å². The summed E-state index contributed by atoms with van der Waals surface area (Å²) in [5.74, 6) is 6.04. The zero-order chi connectivity index (χ0) is 13.7. The molecule has 1 rings (SSSR count). The molecule has 1 aromatic heterocycles. The Labute approximate surface area is 106 Å². The zero-order valence-corrected chi connectivity index (χ0v) is 10.7. The van der Waals surface area contributed by atoms with Crippen molar-refractivity contribution in [1.82, 2.24) is 10.3 Å². The normalized spacial score (nSPS) is 11.8. The first-order chi connectivity index (χ1) is 8.52. The van der Waals surface area contributed by atoms with Crippen LogP contribution in [0.5, 0.6) is 0 Å². The maximum atomic E-state index is 10.5. The van der Waals surface area contributed by atoms with Gasteiger partial charge in [0, 0.05) is 25.0 Å². The Bertz CT molecular complexity index is 464. The summed E-state index contributed by atoms with van der Waals surface area (Å²) in [7, 11) is 1.69. The van der Waals surface area contributed by atoms with Crippen LogP contribution in [0, 0.1) is 11.3 Å². The number of nitrogens with two attached hydrogens (primary N) is 1. The molecule has 1 aromatic rings. The second kappa shape index (κ2) is 5.98. The lowest BCUT2D eigenvalue weighted by molar-refractivity contribution is -0.109. The first-order valence-electron chi connectivity index (χ1n) is 5.58. The SMILES string of the molecule is CC(C)c1cncc(C(C#N)NC=O)c1N(C)N. The fourth-order valence-electron chi connectivity index (χ4n) is 1.79. The van der Waals surface area contributed by atoms with E-state index in [-0.39, 0.29) is 5.92 Å². The maximum absolute atomic E-state index is 10.5. The van der Waals surface area contributed by atoms with Crippen LogP contribution in [0.2, 0.25) is 0 Å². The van der Waals surface area contributed by atoms with E-state index >= 15 is 0 Å². The molecule has 0 radical (unpaired) electrons. The third-order valence-electron chi connectivity index (χ3n) is 2.62. The van der Waals surface area contributed by atoms with Crippen LogP contribution in [0.15, 0.2) is 12.4 Å². The van der Waals surface area contributed by atoms with Crippen LogP contribution in [0.3, 0.4) is 0 Å². The van der Waals surface area contributed by atoms with Crippen LogP contribution >= 0.6 is 0 Å². The summed E-state index contributed by atoms with van der Waals surface area (Å²) in [6.07, 6.45) is 3.77. The van der Waals surface area contributed by atoms with E-state index in [4.69, 9.17) is 11.1 Å². The lowest BCUT2D eigenvalue weighted by Crippen LogP contribution is -2.30. The van der Waals surface area contributed by atoms with Gasteiger partial charge in [-0.05, 0) is 11.5 Å². The van der Waals surface area contributed by atoms with Crippen molar-refractivity contribution in [2.24, 2.45) is 5.84 Å². The molecule has 96 valence electrons. The van der Waals surface area contributed by atoms with Crippen LogP contribution in [-0.2, 0) is 4.79 Å². The summed E-state index contributed by atoms with van der Waals surface area (Å²) in [4.78, 5) is 14.6. The third-order valence-corrected chi connectivity index (χ3v) is 2.62. The van der Waals surface area contributed by atoms with E-state index in [0.29, 0.717) is 12.0 Å². The number of pyridine rings is 1. The van der Waals surface area contributed by atoms with E-state index < -0.39 is 6.04 Å². The smallest absolute Gasteiger partial charge is 0.208 e. The molecule has 0 spiro atoms. The van der Waals surface area contributed by atoms with Crippen molar-refractivity contribution in [3.63, 3.8) is 0 Å². The van der Waals surface area contributed by atoms with Crippen molar-refractivity contribution in [2.75, 3.05) is 12.1 Å². The number of anilines is 1. The number of hydrogen-bond donors (Lipinski definition) is 2. The number of rotatable bonds is 5. The highest BCUT2D eigenvalue weighted by molar-refractivity contribution is 5.62. The van der Waals surface area contributed by atoms with Crippen molar-refractivity contribution in [1.29, 1.82) is 5.26 Å². The number of carbonyl (C=O) groups excluding carboxylic acids is 1. The van der Waals surface area contributed by atoms with Crippen molar-refractivity contribution in [3.05, 3.63) is 23.5 Å². The molecule has 18 heavy (non-hydrogen) atoms. The Kier molecular flexibility index (Phi) is 4.63. The number of carbonyl (C=O) groups is 1. The van der Waals surface area contributed by atoms with Gasteiger partial charge in [-0.3, -0.25) is 9.78 Å². The minimum Gasteiger partial charge on any atom is -0.339 e. The van der Waals surface area contributed by atoms with Gasteiger partial charge in [-0.25, -0.2) is 5.84 Å². The largest absolute Gasteiger partial charge is 0.339 e. The van der Waals surface area contributed by atoms with Crippen molar-refractivity contribution in [2.45, 2.75) is 25.8 Å². The lowest BCUT2D eigenvalue weighted by atomic mass is 9.97. The molecule has 1 heterocycles. The Morgan fingerprint density at radius 3 is 2.56 bits per heavy atom. The summed E-state index contributed by atoms with van der Waals surface area (Å²) in [5.41, 5.74) is 2.26. The van der Waals surface area contributed by atoms with Gasteiger partial charge in [0.2, 0.25) is 6.41 Å². The predicted molar refractivity (Wildman–Crippen MR) is 68.5 cm³/mol. The first kappa shape index (κ1) is 13.9. The standard InChI is InChI=1S/C12H17N5O/c1-8(2)9-5-15-6-10(12(9)17(3)14)11(4-13)16-7-18/h5-8,11H,14H2,1-3H3,(H,16,18). The summed E-state index contributed by atoms with van der Waals surface area (Å²) in [6, 6.07) is 1.26. The second-order valence-electron chi connectivity index (χ2n) is 4.28. The van der Waals surface area contributed by atoms with E-state index in [1.54, 1.807) is 19.4 Å². The zero-order valence-electron chi connectivity index (χ0n) is 10.7. The molecule has 3 N–H and O–H groups in total. The van der Waals surface area contributed by atoms with Gasteiger partial charge in [0.1, 0.15) is 6.04 Å². The number of nitriles is 1. The molecular weight excluding hydrogens is 230 g/mol. The Balaban J connectivity index is 3.39. The number of amides is 1. The van der Waals surface area contributed by atoms with Crippen LogP contribution in [-0.4, -0.2) is 18.4 Å². The van der Waals surface area contributed by atoms with Gasteiger partial charge in [-0.2, -0.15) is 5.26 Å². The van der Waals surface area contributed by atoms with E-state index in [1.807, 2.05) is 19.9 Å². The molecule has 0 bridgehead atoms. The molecule has 0 saturated heterocycles. The number of hydrazine groups is 1. The number of nitrogens with one attached hydrogen (secondary N) is 1. The molecule has 6 heteroatoms. The van der Waals surface area contributed by atoms with E-state index in [9.17, 15) is 4.79 Å². The van der Waals surface area contributed by atoms with Gasteiger partial charge in [0.15, 0.2) is 0 Å². The molecule has 0 saturated carbocycles. The van der Waals surface area contributed by atoms with E-state index in [2.05, 4.69) is 10.3 Å². The highest BCUT2D eigenvalue weighted by atomic mass is 16.1. The third kappa shape index (κ3) is 2.76. The minimum absolute atomic E-state index is 0.217. The van der Waals surface area contributed by atoms with Crippen LogP contribution in [0.4, 0.5) is 5.69 Å². The Morgan fingerprint density at radius 2 is 2.11 bits per heavy atom. The highest BCUT2D eigenvalue weighted by Gasteiger charge is 2.20. The second-order valence-corrected chi connectivity index (χ2v) is 4.28. The Morgan fingerprint density at radius 1 is 1.50 bits per heavy atom. The number of nitrogens with zero attached hydrogens (tertiary/aromatic N) is 3. The Hall–Kier alpha value is -2.13. The average molecular weight is 247 g/mol. The molecule has 1 atom stereocenters. The van der Waals surface area contributed by atoms with Gasteiger partial charge in [0.25, 0.3) is 0 Å². The summed E-state index contributed by atoms with van der Waals surface area (Å²) < 4.78 is 0. The summed E-state index contributed by atoms with van der Waals surface area (Å²) in [5, 5.41) is 13.0. The summed E-state index contributed by atoms with van der Waals surface area (Å²) in [6.45, 7) is 4.03. The predicted octanol–water partition coefficient (Wildman–Crippen LogP) is 0.826. The van der Waals surface area contributed by atoms with Crippen molar-refractivity contribution >= 4 is 12.1 Å². The maximum Gasteiger partial charge on any atom is 0.208 e. The molecular formula is C12H17N5O. The van der Waals surface area contributed by atoms with Gasteiger partial charge >= 0.3 is 0 Å². The molecule has 0 aliphatic carbocycles. The van der Waals surface area contributed by atoms with Gasteiger partial charge in [0.05, 0.1) is 11.8 Å². The molecule has 1 amide bonds. The quantitative estimate of drug-likeness (QED) is 0.456. The van der Waals surface area contributed by atoms with Crippen LogP contribution in [0.25, 0.3) is 0 Å². The van der Waals surface area contributed by atoms with Gasteiger partial charge in [-0.15, -0.1) is 0 Å². The van der Waals surface area contributed by atoms with E-state index in [1.165, 1.54) is 5.01 Å². The molecule has 0 aliphatic heterocycles. The van der Waals surface area contributed by atoms with Crippen molar-refractivity contribution in [3.8, 4) is 6.07 Å². The minimum atomic E-state index is -0.755. The lowest BCUT2D eigenvalue weighted by Gasteiger charge is -2.24. The molecule has 0 aromatic carbocycles. The molecule has 0 fully saturated rings. The van der Waals surface area contributed by atoms with Gasteiger partial charge < -0.3 is 10.3 Å². The van der Waals surface area contributed by atoms with Crippen molar-refractivity contribution < 1.29 is 4.79 Å². The number of hydrogen-bond acceptors (Lipinski definition) is 5. The van der Waals surface area contributed by atoms with Gasteiger partial charge in [-0.1, -0.05) is 13.8 Å². The number of aromatic nitrogens is 1. The molecule has 1 unspecified atom stereocenters.